The van der Waals surface area contributed by atoms with Crippen LogP contribution in [-0.4, -0.2) is 12.8 Å². The molecule has 0 unspecified atom stereocenters. The molecule has 0 atom stereocenters. The Hall–Kier alpha value is -3.55. The first-order valence-corrected chi connectivity index (χ1v) is 7.96. The Kier molecular flexibility index (Phi) is 5.21. The number of benzene rings is 2. The van der Waals surface area contributed by atoms with Crippen LogP contribution in [0.2, 0.25) is 0 Å². The topological polar surface area (TPSA) is 65.7 Å². The molecule has 5 nitrogen and oxygen atoms in total. The van der Waals surface area contributed by atoms with Gasteiger partial charge in [-0.2, -0.15) is 13.2 Å². The average molecular weight is 390 g/mol. The summed E-state index contributed by atoms with van der Waals surface area (Å²) < 4.78 is 54.8. The van der Waals surface area contributed by atoms with Gasteiger partial charge in [0.2, 0.25) is 6.79 Å². The smallest absolute Gasteiger partial charge is 0.417 e. The molecule has 144 valence electrons. The first-order valence-electron chi connectivity index (χ1n) is 7.96. The number of alkyl halides is 3. The summed E-state index contributed by atoms with van der Waals surface area (Å²) in [7, 11) is 0. The van der Waals surface area contributed by atoms with E-state index >= 15 is 0 Å². The minimum atomic E-state index is -4.61. The van der Waals surface area contributed by atoms with Crippen molar-refractivity contribution < 1.29 is 31.9 Å². The SMILES string of the molecule is C=CC(=O)OCOc1ccc2cc(-c3ccccc3C(F)(F)F)c(=O)oc2c1. The third kappa shape index (κ3) is 4.06. The zero-order chi connectivity index (χ0) is 20.3. The third-order valence-corrected chi connectivity index (χ3v) is 3.82. The molecule has 0 aliphatic carbocycles. The zero-order valence-electron chi connectivity index (χ0n) is 14.3. The van der Waals surface area contributed by atoms with Crippen LogP contribution in [0.3, 0.4) is 0 Å². The summed E-state index contributed by atoms with van der Waals surface area (Å²) >= 11 is 0. The number of ether oxygens (including phenoxy) is 2. The second-order valence-corrected chi connectivity index (χ2v) is 5.62. The Morgan fingerprint density at radius 1 is 1.11 bits per heavy atom. The molecule has 0 bridgehead atoms. The molecule has 0 radical (unpaired) electrons. The number of hydrogen-bond donors (Lipinski definition) is 0. The van der Waals surface area contributed by atoms with Crippen LogP contribution in [0.4, 0.5) is 13.2 Å². The number of esters is 1. The van der Waals surface area contributed by atoms with Gasteiger partial charge in [0, 0.05) is 23.1 Å². The predicted molar refractivity (Wildman–Crippen MR) is 94.7 cm³/mol. The lowest BCUT2D eigenvalue weighted by Gasteiger charge is -2.12. The van der Waals surface area contributed by atoms with E-state index in [4.69, 9.17) is 9.15 Å². The zero-order valence-corrected chi connectivity index (χ0v) is 14.3. The standard InChI is InChI=1S/C20H13F3O5/c1-2-18(24)27-11-26-13-8-7-12-9-15(19(25)28-17(12)10-13)14-5-3-4-6-16(14)20(21,22)23/h2-10H,1,11H2. The molecule has 1 heterocycles. The molecule has 0 amide bonds. The Morgan fingerprint density at radius 2 is 1.86 bits per heavy atom. The van der Waals surface area contributed by atoms with E-state index in [1.54, 1.807) is 0 Å². The van der Waals surface area contributed by atoms with Gasteiger partial charge in [0.25, 0.3) is 0 Å². The van der Waals surface area contributed by atoms with Crippen LogP contribution in [0.15, 0.2) is 70.4 Å². The summed E-state index contributed by atoms with van der Waals surface area (Å²) in [6, 6.07) is 10.5. The van der Waals surface area contributed by atoms with Crippen molar-refractivity contribution in [2.24, 2.45) is 0 Å². The van der Waals surface area contributed by atoms with Gasteiger partial charge >= 0.3 is 17.8 Å². The molecule has 28 heavy (non-hydrogen) atoms. The van der Waals surface area contributed by atoms with Crippen LogP contribution >= 0.6 is 0 Å². The molecule has 1 aromatic heterocycles. The minimum Gasteiger partial charge on any atom is -0.457 e. The Bertz CT molecular complexity index is 1100. The maximum Gasteiger partial charge on any atom is 0.417 e. The van der Waals surface area contributed by atoms with E-state index in [1.807, 2.05) is 0 Å². The monoisotopic (exact) mass is 390 g/mol. The van der Waals surface area contributed by atoms with E-state index in [0.29, 0.717) is 5.39 Å². The molecule has 0 fully saturated rings. The Balaban J connectivity index is 1.97. The molecular weight excluding hydrogens is 377 g/mol. The van der Waals surface area contributed by atoms with Crippen LogP contribution < -0.4 is 10.4 Å². The number of rotatable bonds is 5. The molecule has 0 saturated carbocycles. The normalized spacial score (nSPS) is 11.2. The summed E-state index contributed by atoms with van der Waals surface area (Å²) in [5.41, 5.74) is -2.19. The Morgan fingerprint density at radius 3 is 2.57 bits per heavy atom. The Labute approximate surface area is 156 Å². The van der Waals surface area contributed by atoms with Crippen molar-refractivity contribution in [3.63, 3.8) is 0 Å². The van der Waals surface area contributed by atoms with Crippen molar-refractivity contribution in [2.75, 3.05) is 6.79 Å². The van der Waals surface area contributed by atoms with Gasteiger partial charge in [0.15, 0.2) is 0 Å². The van der Waals surface area contributed by atoms with Gasteiger partial charge in [0.05, 0.1) is 11.1 Å². The number of carbonyl (C=O) groups excluding carboxylic acids is 1. The first kappa shape index (κ1) is 19.2. The van der Waals surface area contributed by atoms with E-state index in [2.05, 4.69) is 11.3 Å². The molecule has 8 heteroatoms. The maximum absolute atomic E-state index is 13.2. The highest BCUT2D eigenvalue weighted by molar-refractivity contribution is 5.83. The van der Waals surface area contributed by atoms with Crippen molar-refractivity contribution in [2.45, 2.75) is 6.18 Å². The van der Waals surface area contributed by atoms with E-state index in [1.165, 1.54) is 42.5 Å². The second kappa shape index (κ2) is 7.59. The molecule has 0 saturated heterocycles. The fourth-order valence-corrected chi connectivity index (χ4v) is 2.55. The maximum atomic E-state index is 13.2. The van der Waals surface area contributed by atoms with Gasteiger partial charge in [0.1, 0.15) is 11.3 Å². The number of fused-ring (bicyclic) bond motifs is 1. The predicted octanol–water partition coefficient (Wildman–Crippen LogP) is 4.54. The lowest BCUT2D eigenvalue weighted by Crippen LogP contribution is -2.11. The molecule has 0 spiro atoms. The highest BCUT2D eigenvalue weighted by Gasteiger charge is 2.34. The molecule has 3 aromatic rings. The van der Waals surface area contributed by atoms with Crippen LogP contribution in [-0.2, 0) is 15.7 Å². The molecule has 3 rings (SSSR count). The fourth-order valence-electron chi connectivity index (χ4n) is 2.55. The summed E-state index contributed by atoms with van der Waals surface area (Å²) in [4.78, 5) is 23.3. The first-order chi connectivity index (χ1) is 13.3. The summed E-state index contributed by atoms with van der Waals surface area (Å²) in [6.45, 7) is 2.86. The van der Waals surface area contributed by atoms with Crippen molar-refractivity contribution in [1.29, 1.82) is 0 Å². The van der Waals surface area contributed by atoms with Gasteiger partial charge in [-0.05, 0) is 24.3 Å². The van der Waals surface area contributed by atoms with E-state index in [9.17, 15) is 22.8 Å². The molecule has 2 aromatic carbocycles. The average Bonchev–Trinajstić information content (AvgIpc) is 2.66. The quantitative estimate of drug-likeness (QED) is 0.277. The highest BCUT2D eigenvalue weighted by atomic mass is 19.4. The largest absolute Gasteiger partial charge is 0.457 e. The van der Waals surface area contributed by atoms with Crippen molar-refractivity contribution in [3.8, 4) is 16.9 Å². The summed E-state index contributed by atoms with van der Waals surface area (Å²) in [5, 5.41) is 0.405. The van der Waals surface area contributed by atoms with E-state index < -0.39 is 23.3 Å². The second-order valence-electron chi connectivity index (χ2n) is 5.62. The van der Waals surface area contributed by atoms with Gasteiger partial charge in [-0.25, -0.2) is 9.59 Å². The highest BCUT2D eigenvalue weighted by Crippen LogP contribution is 2.36. The molecular formula is C20H13F3O5. The summed E-state index contributed by atoms with van der Waals surface area (Å²) in [6.07, 6.45) is -3.64. The van der Waals surface area contributed by atoms with Gasteiger partial charge in [-0.3, -0.25) is 0 Å². The molecule has 0 aliphatic heterocycles. The molecule has 0 N–H and O–H groups in total. The third-order valence-electron chi connectivity index (χ3n) is 3.82. The van der Waals surface area contributed by atoms with Gasteiger partial charge in [-0.1, -0.05) is 24.8 Å². The summed E-state index contributed by atoms with van der Waals surface area (Å²) in [5.74, 6) is -0.420. The van der Waals surface area contributed by atoms with Gasteiger partial charge in [-0.15, -0.1) is 0 Å². The lowest BCUT2D eigenvalue weighted by molar-refractivity contribution is -0.144. The van der Waals surface area contributed by atoms with Crippen molar-refractivity contribution in [1.82, 2.24) is 0 Å². The van der Waals surface area contributed by atoms with E-state index in [-0.39, 0.29) is 29.3 Å². The van der Waals surface area contributed by atoms with Crippen molar-refractivity contribution in [3.05, 3.63) is 77.2 Å². The van der Waals surface area contributed by atoms with Crippen LogP contribution in [0, 0.1) is 0 Å². The number of halogens is 3. The van der Waals surface area contributed by atoms with E-state index in [0.717, 1.165) is 12.1 Å². The number of carbonyl (C=O) groups is 1. The molecule has 0 aliphatic rings. The van der Waals surface area contributed by atoms with Gasteiger partial charge < -0.3 is 13.9 Å². The van der Waals surface area contributed by atoms with Crippen LogP contribution in [0.1, 0.15) is 5.56 Å². The lowest BCUT2D eigenvalue weighted by atomic mass is 10.00. The fraction of sp³-hybridized carbons (Fsp3) is 0.100. The van der Waals surface area contributed by atoms with Crippen LogP contribution in [0.25, 0.3) is 22.1 Å². The minimum absolute atomic E-state index is 0.116. The van der Waals surface area contributed by atoms with Crippen LogP contribution in [0.5, 0.6) is 5.75 Å². The number of hydrogen-bond acceptors (Lipinski definition) is 5. The van der Waals surface area contributed by atoms with Crippen molar-refractivity contribution >= 4 is 16.9 Å².